The Hall–Kier alpha value is -3.39. The number of nitrogens with zero attached hydrogens (tertiary/aromatic N) is 2. The minimum Gasteiger partial charge on any atom is -0.871 e. The van der Waals surface area contributed by atoms with Gasteiger partial charge in [0.05, 0.1) is 11.7 Å². The van der Waals surface area contributed by atoms with E-state index in [4.69, 9.17) is 0 Å². The Morgan fingerprint density at radius 2 is 1.49 bits per heavy atom. The Labute approximate surface area is 208 Å². The summed E-state index contributed by atoms with van der Waals surface area (Å²) in [6, 6.07) is 13.1. The van der Waals surface area contributed by atoms with Gasteiger partial charge >= 0.3 is 17.1 Å². The van der Waals surface area contributed by atoms with Crippen LogP contribution in [0.15, 0.2) is 80.7 Å². The topological polar surface area (TPSA) is 197 Å². The van der Waals surface area contributed by atoms with Gasteiger partial charge in [0.25, 0.3) is 20.2 Å². The molecule has 0 aliphatic heterocycles. The molecule has 0 saturated heterocycles. The molecule has 14 heteroatoms. The molecule has 4 rings (SSSR count). The van der Waals surface area contributed by atoms with E-state index in [9.17, 15) is 40.9 Å². The molecule has 0 fully saturated rings. The predicted octanol–water partition coefficient (Wildman–Crippen LogP) is 2.34. The number of carbonyl (C=O) groups is 1. The fourth-order valence-corrected chi connectivity index (χ4v) is 5.17. The van der Waals surface area contributed by atoms with Gasteiger partial charge in [-0.25, -0.2) is 0 Å². The first kappa shape index (κ1) is 26.2. The number of hydrogen-bond acceptors (Lipinski definition) is 9. The molecule has 0 amide bonds. The summed E-state index contributed by atoms with van der Waals surface area (Å²) in [4.78, 5) is 9.60. The first-order valence-electron chi connectivity index (χ1n) is 9.26. The van der Waals surface area contributed by atoms with Crippen molar-refractivity contribution >= 4 is 59.1 Å². The molecule has 1 radical (unpaired) electrons. The van der Waals surface area contributed by atoms with Crippen molar-refractivity contribution in [3.63, 3.8) is 0 Å². The summed E-state index contributed by atoms with van der Waals surface area (Å²) in [7, 11) is -10.0. The van der Waals surface area contributed by atoms with Gasteiger partial charge in [0.15, 0.2) is 0 Å². The molecular weight excluding hydrogens is 543 g/mol. The van der Waals surface area contributed by atoms with E-state index in [1.165, 1.54) is 30.3 Å². The normalized spacial score (nSPS) is 12.2. The van der Waals surface area contributed by atoms with Gasteiger partial charge in [-0.2, -0.15) is 21.9 Å². The molecule has 0 aliphatic carbocycles. The first-order chi connectivity index (χ1) is 15.9. The van der Waals surface area contributed by atoms with Gasteiger partial charge in [0.2, 0.25) is 0 Å². The molecule has 0 unspecified atom stereocenters. The van der Waals surface area contributed by atoms with Crippen molar-refractivity contribution in [1.82, 2.24) is 0 Å². The van der Waals surface area contributed by atoms with Crippen LogP contribution < -0.4 is 10.2 Å². The van der Waals surface area contributed by atoms with Gasteiger partial charge in [-0.05, 0) is 34.5 Å². The van der Waals surface area contributed by atoms with Crippen molar-refractivity contribution < 1.29 is 58.0 Å². The molecule has 179 valence electrons. The average molecular weight is 555 g/mol. The SMILES string of the molecule is O=C([O-])c1cc2ccccc2c(N=Nc2ccc3cccc(S(=O)(=O)O)c3c2S(=O)(=O)O)c1[O-].[Mn+2]. The van der Waals surface area contributed by atoms with Crippen molar-refractivity contribution in [2.24, 2.45) is 10.2 Å². The fraction of sp³-hybridized carbons (Fsp3) is 0. The van der Waals surface area contributed by atoms with Crippen molar-refractivity contribution in [3.8, 4) is 5.75 Å². The maximum absolute atomic E-state index is 12.7. The maximum Gasteiger partial charge on any atom is 2.00 e. The predicted molar refractivity (Wildman–Crippen MR) is 115 cm³/mol. The van der Waals surface area contributed by atoms with Gasteiger partial charge in [0.1, 0.15) is 15.5 Å². The number of aromatic carboxylic acids is 1. The van der Waals surface area contributed by atoms with Gasteiger partial charge in [0, 0.05) is 10.8 Å². The van der Waals surface area contributed by atoms with Crippen molar-refractivity contribution in [3.05, 3.63) is 66.2 Å². The molecule has 0 aliphatic rings. The molecule has 0 heterocycles. The second-order valence-corrected chi connectivity index (χ2v) is 9.78. The third-order valence-electron chi connectivity index (χ3n) is 4.93. The van der Waals surface area contributed by atoms with E-state index in [2.05, 4.69) is 10.2 Å². The monoisotopic (exact) mass is 555 g/mol. The fourth-order valence-electron chi connectivity index (χ4n) is 3.52. The van der Waals surface area contributed by atoms with Crippen LogP contribution in [0, 0.1) is 0 Å². The molecule has 0 bridgehead atoms. The molecule has 11 nitrogen and oxygen atoms in total. The number of carboxylic acid groups (broad SMARTS) is 1. The summed E-state index contributed by atoms with van der Waals surface area (Å²) in [5.74, 6) is -2.80. The van der Waals surface area contributed by atoms with Crippen LogP contribution in [-0.4, -0.2) is 31.9 Å². The van der Waals surface area contributed by atoms with Gasteiger partial charge < -0.3 is 15.0 Å². The molecule has 0 atom stereocenters. The van der Waals surface area contributed by atoms with E-state index in [1.54, 1.807) is 12.1 Å². The molecule has 0 saturated carbocycles. The number of rotatable bonds is 5. The molecule has 35 heavy (non-hydrogen) atoms. The second kappa shape index (κ2) is 9.34. The Kier molecular flexibility index (Phi) is 6.99. The standard InChI is InChI=1S/C21H14N2O9S2.Mn/c24-19-14(21(25)26)10-12-4-1-2-6-13(12)18(19)23-22-15-9-8-11-5-3-7-16(33(27,28)29)17(11)20(15)34(30,31)32;/h1-10,24H,(H,25,26)(H,27,28,29)(H,30,31,32);/q;+2/p-2. The summed E-state index contributed by atoms with van der Waals surface area (Å²) < 4.78 is 67.5. The van der Waals surface area contributed by atoms with Crippen LogP contribution >= 0.6 is 0 Å². The average Bonchev–Trinajstić information content (AvgIpc) is 2.75. The van der Waals surface area contributed by atoms with Gasteiger partial charge in [-0.1, -0.05) is 48.2 Å². The third-order valence-corrected chi connectivity index (χ3v) is 6.75. The summed E-state index contributed by atoms with van der Waals surface area (Å²) in [6.07, 6.45) is 0. The van der Waals surface area contributed by atoms with Crippen LogP contribution in [0.25, 0.3) is 21.5 Å². The summed E-state index contributed by atoms with van der Waals surface area (Å²) >= 11 is 0. The van der Waals surface area contributed by atoms with Crippen LogP contribution in [0.3, 0.4) is 0 Å². The summed E-state index contributed by atoms with van der Waals surface area (Å²) in [5.41, 5.74) is -1.70. The third kappa shape index (κ3) is 4.89. The Balaban J connectivity index is 0.00000342. The van der Waals surface area contributed by atoms with E-state index in [-0.39, 0.29) is 27.8 Å². The molecular formula is C21H12MnN2O9S2. The Bertz CT molecular complexity index is 1750. The van der Waals surface area contributed by atoms with E-state index < -0.39 is 64.1 Å². The van der Waals surface area contributed by atoms with E-state index in [0.717, 1.165) is 18.2 Å². The van der Waals surface area contributed by atoms with Crippen LogP contribution in [0.2, 0.25) is 0 Å². The number of carbonyl (C=O) groups excluding carboxylic acids is 1. The first-order valence-corrected chi connectivity index (χ1v) is 12.1. The van der Waals surface area contributed by atoms with Crippen LogP contribution in [0.5, 0.6) is 5.75 Å². The molecule has 2 N–H and O–H groups in total. The van der Waals surface area contributed by atoms with E-state index in [1.807, 2.05) is 0 Å². The molecule has 4 aromatic rings. The molecule has 0 spiro atoms. The summed E-state index contributed by atoms with van der Waals surface area (Å²) in [6.45, 7) is 0. The van der Waals surface area contributed by atoms with E-state index in [0.29, 0.717) is 5.39 Å². The number of azo groups is 1. The minimum atomic E-state index is -5.13. The quantitative estimate of drug-likeness (QED) is 0.211. The van der Waals surface area contributed by atoms with Gasteiger partial charge in [-0.15, -0.1) is 5.11 Å². The van der Waals surface area contributed by atoms with Gasteiger partial charge in [-0.3, -0.25) is 9.11 Å². The zero-order chi connectivity index (χ0) is 24.8. The number of carboxylic acids is 1. The largest absolute Gasteiger partial charge is 2.00 e. The Morgan fingerprint density at radius 1 is 0.829 bits per heavy atom. The van der Waals surface area contributed by atoms with Crippen molar-refractivity contribution in [2.45, 2.75) is 9.79 Å². The smallest absolute Gasteiger partial charge is 0.871 e. The summed E-state index contributed by atoms with van der Waals surface area (Å²) in [5, 5.41) is 31.5. The van der Waals surface area contributed by atoms with Crippen molar-refractivity contribution in [2.75, 3.05) is 0 Å². The molecule has 4 aromatic carbocycles. The van der Waals surface area contributed by atoms with Crippen LogP contribution in [-0.2, 0) is 37.3 Å². The zero-order valence-electron chi connectivity index (χ0n) is 17.1. The second-order valence-electron chi connectivity index (χ2n) is 7.03. The van der Waals surface area contributed by atoms with Crippen LogP contribution in [0.4, 0.5) is 11.4 Å². The number of benzene rings is 4. The van der Waals surface area contributed by atoms with Crippen LogP contribution in [0.1, 0.15) is 10.4 Å². The minimum absolute atomic E-state index is 0. The number of fused-ring (bicyclic) bond motifs is 2. The zero-order valence-corrected chi connectivity index (χ0v) is 19.9. The Morgan fingerprint density at radius 3 is 2.11 bits per heavy atom. The molecule has 0 aromatic heterocycles. The maximum atomic E-state index is 12.7. The number of hydrogen-bond donors (Lipinski definition) is 2. The van der Waals surface area contributed by atoms with Crippen molar-refractivity contribution in [1.29, 1.82) is 0 Å². The van der Waals surface area contributed by atoms with E-state index >= 15 is 0 Å².